The highest BCUT2D eigenvalue weighted by molar-refractivity contribution is 4.87. The molecule has 1 N–H and O–H groups in total. The van der Waals surface area contributed by atoms with E-state index in [0.717, 1.165) is 45.0 Å². The number of ether oxygens (including phenoxy) is 1. The molecule has 1 aromatic heterocycles. The highest BCUT2D eigenvalue weighted by Crippen LogP contribution is 1.87. The van der Waals surface area contributed by atoms with Crippen LogP contribution in [0.1, 0.15) is 25.6 Å². The normalized spacial score (nSPS) is 10.5. The highest BCUT2D eigenvalue weighted by atomic mass is 16.5. The van der Waals surface area contributed by atoms with Gasteiger partial charge < -0.3 is 10.1 Å². The van der Waals surface area contributed by atoms with Gasteiger partial charge in [0.2, 0.25) is 0 Å². The van der Waals surface area contributed by atoms with Crippen molar-refractivity contribution in [3.63, 3.8) is 0 Å². The minimum Gasteiger partial charge on any atom is -0.381 e. The predicted octanol–water partition coefficient (Wildman–Crippen LogP) is 1.38. The molecule has 0 aliphatic heterocycles. The van der Waals surface area contributed by atoms with Crippen LogP contribution >= 0.6 is 0 Å². The number of hydrogen-bond acceptors (Lipinski definition) is 4. The zero-order valence-corrected chi connectivity index (χ0v) is 9.28. The molecule has 1 heterocycles. The molecule has 0 amide bonds. The number of hydrogen-bond donors (Lipinski definition) is 1. The highest BCUT2D eigenvalue weighted by Gasteiger charge is 1.93. The van der Waals surface area contributed by atoms with E-state index in [-0.39, 0.29) is 0 Å². The Bertz CT molecular complexity index is 241. The molecule has 0 aromatic carbocycles. The summed E-state index contributed by atoms with van der Waals surface area (Å²) >= 11 is 0. The number of nitrogens with one attached hydrogen (secondary N) is 1. The molecule has 0 saturated carbocycles. The van der Waals surface area contributed by atoms with Crippen molar-refractivity contribution in [1.29, 1.82) is 0 Å². The molecule has 84 valence electrons. The Morgan fingerprint density at radius 1 is 1.27 bits per heavy atom. The third-order valence-electron chi connectivity index (χ3n) is 1.89. The van der Waals surface area contributed by atoms with Crippen LogP contribution < -0.4 is 5.32 Å². The molecule has 0 fully saturated rings. The van der Waals surface area contributed by atoms with Crippen LogP contribution in [-0.4, -0.2) is 29.7 Å². The fraction of sp³-hybridized carbons (Fsp3) is 0.636. The third kappa shape index (κ3) is 6.14. The van der Waals surface area contributed by atoms with Gasteiger partial charge in [-0.1, -0.05) is 6.92 Å². The summed E-state index contributed by atoms with van der Waals surface area (Å²) in [5.74, 6) is 0.840. The van der Waals surface area contributed by atoms with E-state index in [0.29, 0.717) is 0 Å². The summed E-state index contributed by atoms with van der Waals surface area (Å²) in [5, 5.41) is 3.27. The summed E-state index contributed by atoms with van der Waals surface area (Å²) in [5.41, 5.74) is 0. The monoisotopic (exact) mass is 209 g/mol. The Kier molecular flexibility index (Phi) is 6.70. The predicted molar refractivity (Wildman–Crippen MR) is 59.5 cm³/mol. The van der Waals surface area contributed by atoms with E-state index < -0.39 is 0 Å². The first kappa shape index (κ1) is 12.1. The number of nitrogens with zero attached hydrogens (tertiary/aromatic N) is 2. The smallest absolute Gasteiger partial charge is 0.141 e. The van der Waals surface area contributed by atoms with Crippen molar-refractivity contribution in [3.8, 4) is 0 Å². The van der Waals surface area contributed by atoms with Crippen LogP contribution in [-0.2, 0) is 11.3 Å². The largest absolute Gasteiger partial charge is 0.381 e. The zero-order chi connectivity index (χ0) is 10.8. The van der Waals surface area contributed by atoms with Crippen molar-refractivity contribution in [2.45, 2.75) is 26.3 Å². The summed E-state index contributed by atoms with van der Waals surface area (Å²) in [6, 6.07) is 1.82. The SMILES string of the molecule is CCCOCCCNCc1ncccn1. The maximum Gasteiger partial charge on any atom is 0.141 e. The molecule has 4 heteroatoms. The lowest BCUT2D eigenvalue weighted by molar-refractivity contribution is 0.132. The second-order valence-electron chi connectivity index (χ2n) is 3.31. The van der Waals surface area contributed by atoms with E-state index in [9.17, 15) is 0 Å². The summed E-state index contributed by atoms with van der Waals surface area (Å²) in [6.07, 6.45) is 5.64. The molecule has 0 spiro atoms. The van der Waals surface area contributed by atoms with Gasteiger partial charge in [0.25, 0.3) is 0 Å². The second kappa shape index (κ2) is 8.32. The fourth-order valence-electron chi connectivity index (χ4n) is 1.17. The molecular formula is C11H19N3O. The van der Waals surface area contributed by atoms with Crippen LogP contribution in [0.3, 0.4) is 0 Å². The molecule has 0 unspecified atom stereocenters. The van der Waals surface area contributed by atoms with Crippen molar-refractivity contribution in [1.82, 2.24) is 15.3 Å². The van der Waals surface area contributed by atoms with Crippen molar-refractivity contribution in [2.75, 3.05) is 19.8 Å². The Balaban J connectivity index is 1.93. The Hall–Kier alpha value is -1.00. The maximum atomic E-state index is 5.36. The topological polar surface area (TPSA) is 47.0 Å². The molecule has 1 rings (SSSR count). The van der Waals surface area contributed by atoms with Crippen LogP contribution in [0, 0.1) is 0 Å². The van der Waals surface area contributed by atoms with Gasteiger partial charge in [-0.15, -0.1) is 0 Å². The zero-order valence-electron chi connectivity index (χ0n) is 9.28. The van der Waals surface area contributed by atoms with Gasteiger partial charge in [-0.3, -0.25) is 0 Å². The van der Waals surface area contributed by atoms with E-state index in [1.54, 1.807) is 12.4 Å². The Labute approximate surface area is 91.1 Å². The lowest BCUT2D eigenvalue weighted by atomic mass is 10.4. The summed E-state index contributed by atoms with van der Waals surface area (Å²) in [6.45, 7) is 5.49. The first-order chi connectivity index (χ1) is 7.43. The minimum atomic E-state index is 0.731. The average Bonchev–Trinajstić information content (AvgIpc) is 2.29. The van der Waals surface area contributed by atoms with E-state index in [1.165, 1.54) is 0 Å². The summed E-state index contributed by atoms with van der Waals surface area (Å²) in [4.78, 5) is 8.24. The van der Waals surface area contributed by atoms with Crippen molar-refractivity contribution in [2.24, 2.45) is 0 Å². The van der Waals surface area contributed by atoms with Crippen LogP contribution in [0.4, 0.5) is 0 Å². The van der Waals surface area contributed by atoms with E-state index in [1.807, 2.05) is 6.07 Å². The Morgan fingerprint density at radius 2 is 2.07 bits per heavy atom. The first-order valence-corrected chi connectivity index (χ1v) is 5.48. The maximum absolute atomic E-state index is 5.36. The van der Waals surface area contributed by atoms with Crippen molar-refractivity contribution < 1.29 is 4.74 Å². The van der Waals surface area contributed by atoms with Gasteiger partial charge in [0, 0.05) is 25.6 Å². The summed E-state index contributed by atoms with van der Waals surface area (Å²) < 4.78 is 5.36. The molecular weight excluding hydrogens is 190 g/mol. The molecule has 15 heavy (non-hydrogen) atoms. The second-order valence-corrected chi connectivity index (χ2v) is 3.31. The molecule has 0 saturated heterocycles. The van der Waals surface area contributed by atoms with Crippen LogP contribution in [0.5, 0.6) is 0 Å². The third-order valence-corrected chi connectivity index (χ3v) is 1.89. The Morgan fingerprint density at radius 3 is 2.80 bits per heavy atom. The quantitative estimate of drug-likeness (QED) is 0.657. The molecule has 4 nitrogen and oxygen atoms in total. The molecule has 0 aliphatic carbocycles. The minimum absolute atomic E-state index is 0.731. The van der Waals surface area contributed by atoms with Gasteiger partial charge in [0.05, 0.1) is 6.54 Å². The van der Waals surface area contributed by atoms with Crippen molar-refractivity contribution >= 4 is 0 Å². The summed E-state index contributed by atoms with van der Waals surface area (Å²) in [7, 11) is 0. The average molecular weight is 209 g/mol. The van der Waals surface area contributed by atoms with E-state index in [2.05, 4.69) is 22.2 Å². The molecule has 0 aliphatic rings. The molecule has 1 aromatic rings. The van der Waals surface area contributed by atoms with E-state index >= 15 is 0 Å². The van der Waals surface area contributed by atoms with Crippen LogP contribution in [0.2, 0.25) is 0 Å². The lowest BCUT2D eigenvalue weighted by Gasteiger charge is -2.04. The molecule has 0 radical (unpaired) electrons. The van der Waals surface area contributed by atoms with Crippen LogP contribution in [0.15, 0.2) is 18.5 Å². The fourth-order valence-corrected chi connectivity index (χ4v) is 1.17. The van der Waals surface area contributed by atoms with Gasteiger partial charge in [-0.05, 0) is 25.5 Å². The van der Waals surface area contributed by atoms with Gasteiger partial charge in [-0.25, -0.2) is 9.97 Å². The lowest BCUT2D eigenvalue weighted by Crippen LogP contribution is -2.17. The first-order valence-electron chi connectivity index (χ1n) is 5.48. The molecule has 0 atom stereocenters. The van der Waals surface area contributed by atoms with Gasteiger partial charge in [0.1, 0.15) is 5.82 Å². The van der Waals surface area contributed by atoms with Crippen LogP contribution in [0.25, 0.3) is 0 Å². The standard InChI is InChI=1S/C11H19N3O/c1-2-8-15-9-4-5-12-10-11-13-6-3-7-14-11/h3,6-7,12H,2,4-5,8-10H2,1H3. The van der Waals surface area contributed by atoms with Crippen molar-refractivity contribution in [3.05, 3.63) is 24.3 Å². The van der Waals surface area contributed by atoms with E-state index in [4.69, 9.17) is 4.74 Å². The number of rotatable bonds is 8. The van der Waals surface area contributed by atoms with Gasteiger partial charge >= 0.3 is 0 Å². The molecule has 0 bridgehead atoms. The van der Waals surface area contributed by atoms with Gasteiger partial charge in [-0.2, -0.15) is 0 Å². The number of aromatic nitrogens is 2. The van der Waals surface area contributed by atoms with Gasteiger partial charge in [0.15, 0.2) is 0 Å².